The number of hydrogen-bond donors (Lipinski definition) is 0. The van der Waals surface area contributed by atoms with Gasteiger partial charge in [-0.25, -0.2) is 0 Å². The molecule has 1 unspecified atom stereocenters. The van der Waals surface area contributed by atoms with E-state index >= 15 is 0 Å². The average Bonchev–Trinajstić information content (AvgIpc) is 2.05. The van der Waals surface area contributed by atoms with Gasteiger partial charge in [0.25, 0.3) is 0 Å². The largest absolute Gasteiger partial charge is 0.768 e. The first-order valence-electron chi connectivity index (χ1n) is 3.42. The average molecular weight is 185 g/mol. The van der Waals surface area contributed by atoms with Crippen molar-refractivity contribution in [2.45, 2.75) is 11.5 Å². The number of methoxy groups -OCH3 is 1. The van der Waals surface area contributed by atoms with Gasteiger partial charge in [-0.1, -0.05) is 18.2 Å². The van der Waals surface area contributed by atoms with Crippen molar-refractivity contribution in [2.24, 2.45) is 0 Å². The van der Waals surface area contributed by atoms with E-state index < -0.39 is 11.1 Å². The van der Waals surface area contributed by atoms with Gasteiger partial charge in [-0.2, -0.15) is 0 Å². The topological polar surface area (TPSA) is 49.4 Å². The normalized spacial score (nSPS) is 12.8. The van der Waals surface area contributed by atoms with Crippen LogP contribution in [0.15, 0.2) is 29.2 Å². The molecular formula is C8H9O3S-. The van der Waals surface area contributed by atoms with Gasteiger partial charge in [0.2, 0.25) is 0 Å². The van der Waals surface area contributed by atoms with Crippen LogP contribution in [0.25, 0.3) is 0 Å². The summed E-state index contributed by atoms with van der Waals surface area (Å²) in [6.45, 7) is 0.324. The van der Waals surface area contributed by atoms with E-state index in [1.54, 1.807) is 24.3 Å². The molecule has 1 rings (SSSR count). The highest BCUT2D eigenvalue weighted by Crippen LogP contribution is 2.12. The van der Waals surface area contributed by atoms with Gasteiger partial charge in [-0.05, 0) is 22.7 Å². The molecule has 0 radical (unpaired) electrons. The third-order valence-corrected chi connectivity index (χ3v) is 2.21. The van der Waals surface area contributed by atoms with Gasteiger partial charge < -0.3 is 9.29 Å². The Morgan fingerprint density at radius 3 is 2.75 bits per heavy atom. The molecule has 12 heavy (non-hydrogen) atoms. The van der Waals surface area contributed by atoms with Crippen LogP contribution >= 0.6 is 0 Å². The Morgan fingerprint density at radius 2 is 2.17 bits per heavy atom. The van der Waals surface area contributed by atoms with E-state index in [0.29, 0.717) is 17.1 Å². The smallest absolute Gasteiger partial charge is 0.0724 e. The molecule has 0 aliphatic rings. The third-order valence-electron chi connectivity index (χ3n) is 1.45. The van der Waals surface area contributed by atoms with E-state index in [2.05, 4.69) is 0 Å². The zero-order valence-corrected chi connectivity index (χ0v) is 7.47. The monoisotopic (exact) mass is 185 g/mol. The molecule has 4 heteroatoms. The second-order valence-electron chi connectivity index (χ2n) is 2.28. The van der Waals surface area contributed by atoms with Gasteiger partial charge in [0.05, 0.1) is 6.61 Å². The highest BCUT2D eigenvalue weighted by atomic mass is 32.2. The summed E-state index contributed by atoms with van der Waals surface area (Å²) >= 11 is -2.17. The molecule has 0 spiro atoms. The summed E-state index contributed by atoms with van der Waals surface area (Å²) in [6, 6.07) is 6.75. The van der Waals surface area contributed by atoms with Crippen molar-refractivity contribution < 1.29 is 13.5 Å². The fourth-order valence-corrected chi connectivity index (χ4v) is 1.47. The van der Waals surface area contributed by atoms with E-state index in [4.69, 9.17) is 4.74 Å². The molecule has 0 aromatic heterocycles. The lowest BCUT2D eigenvalue weighted by Crippen LogP contribution is -1.97. The maximum atomic E-state index is 10.6. The number of hydrogen-bond acceptors (Lipinski definition) is 3. The summed E-state index contributed by atoms with van der Waals surface area (Å²) in [6.07, 6.45) is 0. The summed E-state index contributed by atoms with van der Waals surface area (Å²) in [4.78, 5) is 0.305. The predicted molar refractivity (Wildman–Crippen MR) is 44.3 cm³/mol. The van der Waals surface area contributed by atoms with Gasteiger partial charge in [0.15, 0.2) is 0 Å². The summed E-state index contributed by atoms with van der Waals surface area (Å²) in [5, 5.41) is 0. The second-order valence-corrected chi connectivity index (χ2v) is 3.18. The first-order chi connectivity index (χ1) is 5.75. The number of rotatable bonds is 3. The number of ether oxygens (including phenoxy) is 1. The van der Waals surface area contributed by atoms with Crippen molar-refractivity contribution >= 4 is 11.1 Å². The first-order valence-corrected chi connectivity index (χ1v) is 4.49. The van der Waals surface area contributed by atoms with Crippen molar-refractivity contribution in [3.05, 3.63) is 29.8 Å². The molecular weight excluding hydrogens is 176 g/mol. The molecule has 66 valence electrons. The zero-order valence-electron chi connectivity index (χ0n) is 6.65. The van der Waals surface area contributed by atoms with Crippen LogP contribution in [-0.2, 0) is 22.4 Å². The standard InChI is InChI=1S/C8H10O3S/c1-11-6-7-4-2-3-5-8(7)12(9)10/h2-5H,6H2,1H3,(H,9,10)/p-1. The molecule has 0 fully saturated rings. The molecule has 1 aromatic rings. The van der Waals surface area contributed by atoms with E-state index in [0.717, 1.165) is 0 Å². The maximum absolute atomic E-state index is 10.6. The van der Waals surface area contributed by atoms with Gasteiger partial charge in [-0.3, -0.25) is 4.21 Å². The van der Waals surface area contributed by atoms with Gasteiger partial charge in [0.1, 0.15) is 0 Å². The lowest BCUT2D eigenvalue weighted by atomic mass is 10.2. The molecule has 0 heterocycles. The second kappa shape index (κ2) is 4.35. The quantitative estimate of drug-likeness (QED) is 0.662. The Kier molecular flexibility index (Phi) is 3.40. The van der Waals surface area contributed by atoms with Gasteiger partial charge in [-0.15, -0.1) is 0 Å². The van der Waals surface area contributed by atoms with E-state index in [9.17, 15) is 8.76 Å². The Bertz CT molecular complexity index is 285. The predicted octanol–water partition coefficient (Wildman–Crippen LogP) is 1.07. The first kappa shape index (κ1) is 9.38. The van der Waals surface area contributed by atoms with Crippen LogP contribution in [0.1, 0.15) is 5.56 Å². The molecule has 3 nitrogen and oxygen atoms in total. The fourth-order valence-electron chi connectivity index (χ4n) is 0.941. The SMILES string of the molecule is COCc1ccccc1S(=O)[O-]. The molecule has 1 atom stereocenters. The van der Waals surface area contributed by atoms with Crippen LogP contribution in [-0.4, -0.2) is 15.9 Å². The minimum absolute atomic E-state index is 0.305. The fraction of sp³-hybridized carbons (Fsp3) is 0.250. The molecule has 0 amide bonds. The Balaban J connectivity index is 3.00. The van der Waals surface area contributed by atoms with E-state index in [-0.39, 0.29) is 0 Å². The van der Waals surface area contributed by atoms with Gasteiger partial charge >= 0.3 is 0 Å². The zero-order chi connectivity index (χ0) is 8.97. The summed E-state index contributed by atoms with van der Waals surface area (Å²) in [5.74, 6) is 0. The lowest BCUT2D eigenvalue weighted by Gasteiger charge is -2.10. The lowest BCUT2D eigenvalue weighted by molar-refractivity contribution is 0.182. The van der Waals surface area contributed by atoms with E-state index in [1.165, 1.54) is 7.11 Å². The highest BCUT2D eigenvalue weighted by Gasteiger charge is 1.99. The minimum atomic E-state index is -2.17. The van der Waals surface area contributed by atoms with Gasteiger partial charge in [0, 0.05) is 12.0 Å². The maximum Gasteiger partial charge on any atom is 0.0724 e. The van der Waals surface area contributed by atoms with Crippen LogP contribution < -0.4 is 0 Å². The molecule has 0 saturated carbocycles. The summed E-state index contributed by atoms with van der Waals surface area (Å²) in [5.41, 5.74) is 0.688. The van der Waals surface area contributed by atoms with E-state index in [1.807, 2.05) is 0 Å². The van der Waals surface area contributed by atoms with Crippen LogP contribution in [0, 0.1) is 0 Å². The van der Waals surface area contributed by atoms with Crippen molar-refractivity contribution in [2.75, 3.05) is 7.11 Å². The third kappa shape index (κ3) is 2.14. The molecule has 0 aliphatic carbocycles. The van der Waals surface area contributed by atoms with Crippen molar-refractivity contribution in [1.82, 2.24) is 0 Å². The summed E-state index contributed by atoms with van der Waals surface area (Å²) in [7, 11) is 1.53. The van der Waals surface area contributed by atoms with Crippen LogP contribution in [0.2, 0.25) is 0 Å². The number of benzene rings is 1. The van der Waals surface area contributed by atoms with Crippen LogP contribution in [0.5, 0.6) is 0 Å². The van der Waals surface area contributed by atoms with Crippen molar-refractivity contribution in [3.8, 4) is 0 Å². The van der Waals surface area contributed by atoms with Crippen LogP contribution in [0.4, 0.5) is 0 Å². The molecule has 0 N–H and O–H groups in total. The molecule has 0 aliphatic heterocycles. The Labute approximate surface area is 73.7 Å². The molecule has 1 aromatic carbocycles. The van der Waals surface area contributed by atoms with Crippen molar-refractivity contribution in [1.29, 1.82) is 0 Å². The Morgan fingerprint density at radius 1 is 1.50 bits per heavy atom. The highest BCUT2D eigenvalue weighted by molar-refractivity contribution is 7.79. The molecule has 0 bridgehead atoms. The summed E-state index contributed by atoms with van der Waals surface area (Å²) < 4.78 is 26.1. The minimum Gasteiger partial charge on any atom is -0.768 e. The van der Waals surface area contributed by atoms with Crippen LogP contribution in [0.3, 0.4) is 0 Å². The Hall–Kier alpha value is -0.710. The molecule has 0 saturated heterocycles. The van der Waals surface area contributed by atoms with Crippen molar-refractivity contribution in [3.63, 3.8) is 0 Å².